The number of carbonyl (C=O) groups is 1. The minimum absolute atomic E-state index is 0.150. The Labute approximate surface area is 212 Å². The molecule has 0 spiro atoms. The molecule has 8 heteroatoms. The summed E-state index contributed by atoms with van der Waals surface area (Å²) in [5, 5.41) is 7.98. The van der Waals surface area contributed by atoms with Crippen molar-refractivity contribution in [2.75, 3.05) is 5.32 Å². The quantitative estimate of drug-likeness (QED) is 0.275. The van der Waals surface area contributed by atoms with Gasteiger partial charge in [-0.3, -0.25) is 4.79 Å². The summed E-state index contributed by atoms with van der Waals surface area (Å²) in [6.45, 7) is 4.13. The number of ether oxygens (including phenoxy) is 1. The third kappa shape index (κ3) is 4.18. The van der Waals surface area contributed by atoms with E-state index in [0.29, 0.717) is 17.9 Å². The predicted octanol–water partition coefficient (Wildman–Crippen LogP) is 6.61. The number of thiophene rings is 1. The predicted molar refractivity (Wildman–Crippen MR) is 141 cm³/mol. The van der Waals surface area contributed by atoms with Crippen LogP contribution in [0.15, 0.2) is 53.1 Å². The molecule has 0 saturated carbocycles. The number of amides is 1. The zero-order chi connectivity index (χ0) is 24.6. The molecule has 1 aliphatic rings. The Balaban J connectivity index is 1.24. The van der Waals surface area contributed by atoms with E-state index < -0.39 is 0 Å². The highest BCUT2D eigenvalue weighted by Crippen LogP contribution is 2.44. The molecule has 1 aliphatic carbocycles. The highest BCUT2D eigenvalue weighted by molar-refractivity contribution is 7.17. The van der Waals surface area contributed by atoms with Crippen molar-refractivity contribution in [1.82, 2.24) is 15.1 Å². The number of fused-ring (bicyclic) bond motifs is 2. The fraction of sp³-hybridized carbons (Fsp3) is 0.250. The Hall–Kier alpha value is -3.91. The Kier molecular flexibility index (Phi) is 5.81. The molecule has 3 heterocycles. The molecule has 3 aromatic heterocycles. The van der Waals surface area contributed by atoms with Crippen molar-refractivity contribution in [2.45, 2.75) is 46.1 Å². The molecule has 2 aromatic carbocycles. The molecular weight excluding hydrogens is 472 g/mol. The van der Waals surface area contributed by atoms with Crippen LogP contribution in [0.4, 0.5) is 5.00 Å². The lowest BCUT2D eigenvalue weighted by atomic mass is 9.95. The van der Waals surface area contributed by atoms with Gasteiger partial charge in [0.25, 0.3) is 5.91 Å². The van der Waals surface area contributed by atoms with Gasteiger partial charge in [0.1, 0.15) is 28.9 Å². The smallest absolute Gasteiger partial charge is 0.256 e. The second-order valence-corrected chi connectivity index (χ2v) is 10.2. The molecule has 5 aromatic rings. The Morgan fingerprint density at radius 1 is 1.11 bits per heavy atom. The summed E-state index contributed by atoms with van der Waals surface area (Å²) in [5.74, 6) is 2.10. The number of aryl methyl sites for hydroxylation is 3. The average molecular weight is 499 g/mol. The maximum atomic E-state index is 13.2. The lowest BCUT2D eigenvalue weighted by Gasteiger charge is -2.12. The number of H-pyrrole nitrogens is 1. The molecule has 182 valence electrons. The standard InChI is InChI=1S/C28H26N4O3S/c1-16-21(17(2)35-32-16)15-34-19-13-11-18(12-14-19)27(33)31-28-25(20-7-3-6-10-24(20)36-28)26-29-22-8-4-5-9-23(22)30-26/h4-5,8-9,11-14H,3,6-7,10,15H2,1-2H3,(H,29,30)(H,31,33). The summed E-state index contributed by atoms with van der Waals surface area (Å²) in [4.78, 5) is 22.9. The van der Waals surface area contributed by atoms with Gasteiger partial charge in [-0.2, -0.15) is 0 Å². The minimum Gasteiger partial charge on any atom is -0.489 e. The van der Waals surface area contributed by atoms with Crippen LogP contribution in [0.2, 0.25) is 0 Å². The molecule has 0 bridgehead atoms. The number of aromatic amines is 1. The van der Waals surface area contributed by atoms with Crippen LogP contribution in [0.1, 0.15) is 50.7 Å². The van der Waals surface area contributed by atoms with Gasteiger partial charge in [0.15, 0.2) is 0 Å². The van der Waals surface area contributed by atoms with E-state index in [1.54, 1.807) is 23.5 Å². The van der Waals surface area contributed by atoms with E-state index in [-0.39, 0.29) is 5.91 Å². The number of nitrogens with zero attached hydrogens (tertiary/aromatic N) is 2. The Morgan fingerprint density at radius 2 is 1.92 bits per heavy atom. The molecular formula is C28H26N4O3S. The maximum Gasteiger partial charge on any atom is 0.256 e. The zero-order valence-electron chi connectivity index (χ0n) is 20.2. The summed E-state index contributed by atoms with van der Waals surface area (Å²) in [7, 11) is 0. The third-order valence-electron chi connectivity index (χ3n) is 6.71. The molecule has 6 rings (SSSR count). The second kappa shape index (κ2) is 9.28. The van der Waals surface area contributed by atoms with Crippen molar-refractivity contribution >= 4 is 33.3 Å². The average Bonchev–Trinajstić information content (AvgIpc) is 3.57. The van der Waals surface area contributed by atoms with E-state index in [2.05, 4.69) is 15.5 Å². The molecule has 36 heavy (non-hydrogen) atoms. The first kappa shape index (κ1) is 22.5. The molecule has 2 N–H and O–H groups in total. The Bertz CT molecular complexity index is 1510. The van der Waals surface area contributed by atoms with E-state index in [4.69, 9.17) is 14.2 Å². The van der Waals surface area contributed by atoms with E-state index in [0.717, 1.165) is 63.7 Å². The number of hydrogen-bond acceptors (Lipinski definition) is 6. The van der Waals surface area contributed by atoms with Gasteiger partial charge in [-0.15, -0.1) is 11.3 Å². The number of carbonyl (C=O) groups excluding carboxylic acids is 1. The number of hydrogen-bond donors (Lipinski definition) is 2. The maximum absolute atomic E-state index is 13.2. The first-order valence-corrected chi connectivity index (χ1v) is 12.9. The van der Waals surface area contributed by atoms with E-state index in [1.807, 2.05) is 50.2 Å². The first-order valence-electron chi connectivity index (χ1n) is 12.1. The number of aromatic nitrogens is 3. The summed E-state index contributed by atoms with van der Waals surface area (Å²) < 4.78 is 11.1. The van der Waals surface area contributed by atoms with Crippen molar-refractivity contribution in [3.8, 4) is 17.1 Å². The molecule has 0 radical (unpaired) electrons. The van der Waals surface area contributed by atoms with Gasteiger partial charge in [-0.25, -0.2) is 4.98 Å². The van der Waals surface area contributed by atoms with Crippen LogP contribution in [-0.2, 0) is 19.4 Å². The fourth-order valence-corrected chi connectivity index (χ4v) is 6.00. The summed E-state index contributed by atoms with van der Waals surface area (Å²) in [6, 6.07) is 15.2. The number of para-hydroxylation sites is 2. The summed E-state index contributed by atoms with van der Waals surface area (Å²) in [6.07, 6.45) is 4.38. The largest absolute Gasteiger partial charge is 0.489 e. The van der Waals surface area contributed by atoms with E-state index >= 15 is 0 Å². The van der Waals surface area contributed by atoms with Crippen LogP contribution in [0.5, 0.6) is 5.75 Å². The van der Waals surface area contributed by atoms with Gasteiger partial charge < -0.3 is 19.6 Å². The topological polar surface area (TPSA) is 93.0 Å². The van der Waals surface area contributed by atoms with Crippen LogP contribution in [0, 0.1) is 13.8 Å². The van der Waals surface area contributed by atoms with Crippen molar-refractivity contribution < 1.29 is 14.1 Å². The summed E-state index contributed by atoms with van der Waals surface area (Å²) >= 11 is 1.67. The van der Waals surface area contributed by atoms with Crippen LogP contribution in [-0.4, -0.2) is 21.0 Å². The van der Waals surface area contributed by atoms with Gasteiger partial charge >= 0.3 is 0 Å². The number of nitrogens with one attached hydrogen (secondary N) is 2. The van der Waals surface area contributed by atoms with Crippen molar-refractivity contribution in [2.24, 2.45) is 0 Å². The molecule has 0 fully saturated rings. The SMILES string of the molecule is Cc1noc(C)c1COc1ccc(C(=O)Nc2sc3c(c2-c2nc4ccccc4[nH]2)CCCC3)cc1. The van der Waals surface area contributed by atoms with Gasteiger partial charge in [0, 0.05) is 10.4 Å². The minimum atomic E-state index is -0.150. The highest BCUT2D eigenvalue weighted by atomic mass is 32.1. The van der Waals surface area contributed by atoms with Gasteiger partial charge in [0.2, 0.25) is 0 Å². The van der Waals surface area contributed by atoms with Crippen molar-refractivity contribution in [1.29, 1.82) is 0 Å². The van der Waals surface area contributed by atoms with Gasteiger partial charge in [-0.05, 0) is 81.5 Å². The molecule has 0 atom stereocenters. The number of benzene rings is 2. The lowest BCUT2D eigenvalue weighted by molar-refractivity contribution is 0.102. The van der Waals surface area contributed by atoms with Crippen LogP contribution < -0.4 is 10.1 Å². The van der Waals surface area contributed by atoms with Crippen LogP contribution in [0.25, 0.3) is 22.4 Å². The number of rotatable bonds is 6. The van der Waals surface area contributed by atoms with E-state index in [9.17, 15) is 4.79 Å². The third-order valence-corrected chi connectivity index (χ3v) is 7.91. The first-order chi connectivity index (χ1) is 17.6. The van der Waals surface area contributed by atoms with Gasteiger partial charge in [-0.1, -0.05) is 17.3 Å². The lowest BCUT2D eigenvalue weighted by Crippen LogP contribution is -2.11. The second-order valence-electron chi connectivity index (χ2n) is 9.09. The van der Waals surface area contributed by atoms with Gasteiger partial charge in [0.05, 0.1) is 27.9 Å². The molecule has 0 aliphatic heterocycles. The van der Waals surface area contributed by atoms with E-state index in [1.165, 1.54) is 16.9 Å². The molecule has 0 unspecified atom stereocenters. The highest BCUT2D eigenvalue weighted by Gasteiger charge is 2.25. The molecule has 7 nitrogen and oxygen atoms in total. The van der Waals surface area contributed by atoms with Crippen LogP contribution in [0.3, 0.4) is 0 Å². The Morgan fingerprint density at radius 3 is 2.69 bits per heavy atom. The molecule has 0 saturated heterocycles. The van der Waals surface area contributed by atoms with Crippen molar-refractivity contribution in [3.63, 3.8) is 0 Å². The monoisotopic (exact) mass is 498 g/mol. The van der Waals surface area contributed by atoms with Crippen LogP contribution >= 0.6 is 11.3 Å². The molecule has 1 amide bonds. The number of imidazole rings is 1. The normalized spacial score (nSPS) is 13.1. The number of anilines is 1. The summed E-state index contributed by atoms with van der Waals surface area (Å²) in [5.41, 5.74) is 6.59. The fourth-order valence-electron chi connectivity index (χ4n) is 4.72. The zero-order valence-corrected chi connectivity index (χ0v) is 21.0. The van der Waals surface area contributed by atoms with Crippen molar-refractivity contribution in [3.05, 3.63) is 81.6 Å².